The molecule has 8 heteroatoms. The molecular weight excluding hydrogens is 326 g/mol. The molecule has 1 N–H and O–H groups in total. The van der Waals surface area contributed by atoms with Crippen LogP contribution < -0.4 is 5.32 Å². The number of aromatic nitrogens is 4. The number of aryl methyl sites for hydroxylation is 1. The molecule has 0 aliphatic carbocycles. The second-order valence-corrected chi connectivity index (χ2v) is 6.61. The third-order valence-corrected chi connectivity index (χ3v) is 4.84. The number of hydrogen-bond donors (Lipinski definition) is 1. The van der Waals surface area contributed by atoms with Crippen LogP contribution >= 0.6 is 11.8 Å². The van der Waals surface area contributed by atoms with E-state index in [1.54, 1.807) is 4.68 Å². The number of carbonyl (C=O) groups is 1. The van der Waals surface area contributed by atoms with E-state index in [0.717, 1.165) is 31.6 Å². The Morgan fingerprint density at radius 3 is 2.96 bits per heavy atom. The summed E-state index contributed by atoms with van der Waals surface area (Å²) in [6, 6.07) is 7.88. The number of carbonyl (C=O) groups excluding carboxylic acids is 1. The van der Waals surface area contributed by atoms with Gasteiger partial charge >= 0.3 is 0 Å². The van der Waals surface area contributed by atoms with E-state index >= 15 is 0 Å². The van der Waals surface area contributed by atoms with Gasteiger partial charge in [0.1, 0.15) is 0 Å². The lowest BCUT2D eigenvalue weighted by Gasteiger charge is -2.10. The van der Waals surface area contributed by atoms with Crippen LogP contribution in [0.5, 0.6) is 0 Å². The van der Waals surface area contributed by atoms with Crippen molar-refractivity contribution in [1.82, 2.24) is 20.2 Å². The molecule has 1 aromatic carbocycles. The predicted octanol–water partition coefficient (Wildman–Crippen LogP) is 2.15. The number of ether oxygens (including phenoxy) is 1. The highest BCUT2D eigenvalue weighted by atomic mass is 32.2. The molecule has 0 bridgehead atoms. The molecule has 1 aromatic heterocycles. The topological polar surface area (TPSA) is 81.9 Å². The first kappa shape index (κ1) is 16.9. The zero-order valence-electron chi connectivity index (χ0n) is 13.6. The Balaban J connectivity index is 1.49. The van der Waals surface area contributed by atoms with Crippen molar-refractivity contribution in [3.63, 3.8) is 0 Å². The average Bonchev–Trinajstić information content (AvgIpc) is 3.26. The first-order valence-corrected chi connectivity index (χ1v) is 9.12. The van der Waals surface area contributed by atoms with Gasteiger partial charge in [-0.25, -0.2) is 4.68 Å². The van der Waals surface area contributed by atoms with Crippen LogP contribution in [-0.2, 0) is 22.5 Å². The molecule has 1 amide bonds. The third-order valence-electron chi connectivity index (χ3n) is 3.88. The summed E-state index contributed by atoms with van der Waals surface area (Å²) in [6.07, 6.45) is 3.25. The fraction of sp³-hybridized carbons (Fsp3) is 0.500. The van der Waals surface area contributed by atoms with Crippen molar-refractivity contribution >= 4 is 23.4 Å². The van der Waals surface area contributed by atoms with Crippen molar-refractivity contribution in [2.75, 3.05) is 17.7 Å². The maximum atomic E-state index is 12.1. The van der Waals surface area contributed by atoms with Crippen molar-refractivity contribution in [1.29, 1.82) is 0 Å². The van der Waals surface area contributed by atoms with Crippen LogP contribution in [0.3, 0.4) is 0 Å². The van der Waals surface area contributed by atoms with E-state index in [1.165, 1.54) is 17.3 Å². The second kappa shape index (κ2) is 8.25. The molecule has 1 aliphatic heterocycles. The fourth-order valence-corrected chi connectivity index (χ4v) is 3.23. The summed E-state index contributed by atoms with van der Waals surface area (Å²) in [5, 5.41) is 15.2. The van der Waals surface area contributed by atoms with Gasteiger partial charge in [0, 0.05) is 12.3 Å². The molecule has 3 rings (SSSR count). The molecule has 1 fully saturated rings. The molecule has 2 heterocycles. The van der Waals surface area contributed by atoms with Crippen LogP contribution in [0.2, 0.25) is 0 Å². The van der Waals surface area contributed by atoms with Gasteiger partial charge in [0.05, 0.1) is 18.4 Å². The molecule has 2 aromatic rings. The van der Waals surface area contributed by atoms with Gasteiger partial charge in [-0.1, -0.05) is 30.8 Å². The Hall–Kier alpha value is -1.93. The number of nitrogens with one attached hydrogen (secondary N) is 1. The lowest BCUT2D eigenvalue weighted by atomic mass is 10.1. The van der Waals surface area contributed by atoms with Gasteiger partial charge in [0.15, 0.2) is 0 Å². The number of thioether (sulfide) groups is 1. The standard InChI is InChI=1S/C16H21N5O2S/c1-2-12-5-7-13(8-6-12)17-15(22)11-24-16-18-19-20-21(16)10-14-4-3-9-23-14/h5-8,14H,2-4,9-11H2,1H3,(H,17,22)/t14-/m0/s1. The van der Waals surface area contributed by atoms with Gasteiger partial charge in [-0.05, 0) is 47.4 Å². The van der Waals surface area contributed by atoms with Gasteiger partial charge < -0.3 is 10.1 Å². The molecule has 1 saturated heterocycles. The van der Waals surface area contributed by atoms with Gasteiger partial charge in [-0.3, -0.25) is 4.79 Å². The Morgan fingerprint density at radius 1 is 1.42 bits per heavy atom. The largest absolute Gasteiger partial charge is 0.376 e. The molecule has 1 atom stereocenters. The van der Waals surface area contributed by atoms with Crippen LogP contribution in [0.4, 0.5) is 5.69 Å². The van der Waals surface area contributed by atoms with Gasteiger partial charge in [0.25, 0.3) is 0 Å². The number of amides is 1. The highest BCUT2D eigenvalue weighted by Crippen LogP contribution is 2.19. The molecule has 0 saturated carbocycles. The highest BCUT2D eigenvalue weighted by Gasteiger charge is 2.19. The van der Waals surface area contributed by atoms with Crippen LogP contribution in [0.1, 0.15) is 25.3 Å². The molecule has 0 spiro atoms. The summed E-state index contributed by atoms with van der Waals surface area (Å²) in [6.45, 7) is 3.54. The van der Waals surface area contributed by atoms with Crippen molar-refractivity contribution in [3.8, 4) is 0 Å². The zero-order chi connectivity index (χ0) is 16.8. The Bertz CT molecular complexity index is 667. The highest BCUT2D eigenvalue weighted by molar-refractivity contribution is 7.99. The monoisotopic (exact) mass is 347 g/mol. The summed E-state index contributed by atoms with van der Waals surface area (Å²) >= 11 is 1.33. The average molecular weight is 347 g/mol. The van der Waals surface area contributed by atoms with E-state index in [4.69, 9.17) is 4.74 Å². The van der Waals surface area contributed by atoms with Crippen LogP contribution in [0, 0.1) is 0 Å². The van der Waals surface area contributed by atoms with Gasteiger partial charge in [-0.15, -0.1) is 5.10 Å². The molecule has 0 unspecified atom stereocenters. The predicted molar refractivity (Wildman–Crippen MR) is 92.0 cm³/mol. The molecule has 0 radical (unpaired) electrons. The zero-order valence-corrected chi connectivity index (χ0v) is 14.5. The van der Waals surface area contributed by atoms with Crippen LogP contribution in [0.25, 0.3) is 0 Å². The first-order chi connectivity index (χ1) is 11.7. The summed E-state index contributed by atoms with van der Waals surface area (Å²) in [5.41, 5.74) is 2.05. The van der Waals surface area contributed by atoms with Crippen molar-refractivity contribution in [2.45, 2.75) is 44.0 Å². The lowest BCUT2D eigenvalue weighted by Crippen LogP contribution is -2.18. The van der Waals surface area contributed by atoms with E-state index in [-0.39, 0.29) is 17.8 Å². The molecule has 128 valence electrons. The minimum Gasteiger partial charge on any atom is -0.376 e. The SMILES string of the molecule is CCc1ccc(NC(=O)CSc2nnnn2C[C@@H]2CCCO2)cc1. The second-order valence-electron chi connectivity index (χ2n) is 5.67. The normalized spacial score (nSPS) is 17.1. The summed E-state index contributed by atoms with van der Waals surface area (Å²) in [4.78, 5) is 12.1. The summed E-state index contributed by atoms with van der Waals surface area (Å²) in [5.74, 6) is 0.192. The first-order valence-electron chi connectivity index (χ1n) is 8.14. The summed E-state index contributed by atoms with van der Waals surface area (Å²) < 4.78 is 7.31. The number of anilines is 1. The number of hydrogen-bond acceptors (Lipinski definition) is 6. The molecule has 24 heavy (non-hydrogen) atoms. The fourth-order valence-electron chi connectivity index (χ4n) is 2.55. The molecular formula is C16H21N5O2S. The maximum absolute atomic E-state index is 12.1. The van der Waals surface area contributed by atoms with E-state index in [9.17, 15) is 4.79 Å². The third kappa shape index (κ3) is 4.55. The van der Waals surface area contributed by atoms with Crippen molar-refractivity contribution < 1.29 is 9.53 Å². The summed E-state index contributed by atoms with van der Waals surface area (Å²) in [7, 11) is 0. The lowest BCUT2D eigenvalue weighted by molar-refractivity contribution is -0.113. The number of nitrogens with zero attached hydrogens (tertiary/aromatic N) is 4. The smallest absolute Gasteiger partial charge is 0.234 e. The minimum atomic E-state index is -0.0732. The van der Waals surface area contributed by atoms with E-state index < -0.39 is 0 Å². The van der Waals surface area contributed by atoms with Crippen molar-refractivity contribution in [2.24, 2.45) is 0 Å². The minimum absolute atomic E-state index is 0.0732. The van der Waals surface area contributed by atoms with Gasteiger partial charge in [-0.2, -0.15) is 0 Å². The number of rotatable bonds is 7. The van der Waals surface area contributed by atoms with E-state index in [0.29, 0.717) is 11.7 Å². The Morgan fingerprint density at radius 2 is 2.25 bits per heavy atom. The quantitative estimate of drug-likeness (QED) is 0.773. The Labute approximate surface area is 145 Å². The molecule has 7 nitrogen and oxygen atoms in total. The van der Waals surface area contributed by atoms with Crippen LogP contribution in [0.15, 0.2) is 29.4 Å². The van der Waals surface area contributed by atoms with Gasteiger partial charge in [0.2, 0.25) is 11.1 Å². The Kier molecular flexibility index (Phi) is 5.81. The van der Waals surface area contributed by atoms with E-state index in [2.05, 4.69) is 27.8 Å². The van der Waals surface area contributed by atoms with E-state index in [1.807, 2.05) is 24.3 Å². The molecule has 1 aliphatic rings. The number of benzene rings is 1. The maximum Gasteiger partial charge on any atom is 0.234 e. The number of tetrazole rings is 1. The van der Waals surface area contributed by atoms with Crippen LogP contribution in [-0.4, -0.2) is 44.6 Å². The van der Waals surface area contributed by atoms with Crippen molar-refractivity contribution in [3.05, 3.63) is 29.8 Å².